The third-order valence-corrected chi connectivity index (χ3v) is 4.48. The van der Waals surface area contributed by atoms with Crippen LogP contribution in [-0.4, -0.2) is 10.8 Å². The van der Waals surface area contributed by atoms with Gasteiger partial charge in [0.15, 0.2) is 5.78 Å². The molecule has 1 aromatic rings. The van der Waals surface area contributed by atoms with E-state index in [0.29, 0.717) is 11.7 Å². The van der Waals surface area contributed by atoms with Crippen LogP contribution in [0.3, 0.4) is 0 Å². The molecular weight excluding hydrogens is 222 g/mol. The Balaban J connectivity index is 1.86. The van der Waals surface area contributed by atoms with Crippen molar-refractivity contribution in [1.29, 1.82) is 0 Å². The van der Waals surface area contributed by atoms with Gasteiger partial charge in [-0.05, 0) is 41.0 Å². The lowest BCUT2D eigenvalue weighted by atomic mass is 9.48. The topological polar surface area (TPSA) is 30.0 Å². The monoisotopic (exact) mass is 239 g/mol. The van der Waals surface area contributed by atoms with E-state index in [2.05, 4.69) is 24.9 Å². The summed E-state index contributed by atoms with van der Waals surface area (Å²) in [4.78, 5) is 16.0. The zero-order valence-corrected chi connectivity index (χ0v) is 10.8. The van der Waals surface area contributed by atoms with Gasteiger partial charge in [0.1, 0.15) is 0 Å². The summed E-state index contributed by atoms with van der Waals surface area (Å²) in [5.74, 6) is 1.08. The summed E-state index contributed by atoms with van der Waals surface area (Å²) in [6, 6.07) is 3.94. The molecule has 0 saturated heterocycles. The first-order valence-electron chi connectivity index (χ1n) is 6.42. The molecule has 0 unspecified atom stereocenters. The molecule has 2 heteroatoms. The normalized spacial score (nSPS) is 29.0. The van der Waals surface area contributed by atoms with E-state index in [-0.39, 0.29) is 11.3 Å². The van der Waals surface area contributed by atoms with Crippen molar-refractivity contribution in [3.8, 4) is 0 Å². The molecule has 0 N–H and O–H groups in total. The predicted octanol–water partition coefficient (Wildman–Crippen LogP) is 3.27. The fourth-order valence-electron chi connectivity index (χ4n) is 3.17. The Hall–Kier alpha value is -1.70. The highest BCUT2D eigenvalue weighted by Crippen LogP contribution is 2.58. The van der Waals surface area contributed by atoms with Crippen LogP contribution in [0.1, 0.15) is 25.8 Å². The van der Waals surface area contributed by atoms with E-state index in [9.17, 15) is 4.79 Å². The second kappa shape index (κ2) is 3.91. The van der Waals surface area contributed by atoms with Crippen molar-refractivity contribution in [2.24, 2.45) is 17.3 Å². The molecule has 0 aliphatic heterocycles. The molecule has 1 fully saturated rings. The van der Waals surface area contributed by atoms with Gasteiger partial charge < -0.3 is 0 Å². The Morgan fingerprint density at radius 3 is 2.78 bits per heavy atom. The fraction of sp³-hybridized carbons (Fsp3) is 0.375. The summed E-state index contributed by atoms with van der Waals surface area (Å²) in [7, 11) is 0. The van der Waals surface area contributed by atoms with Gasteiger partial charge in [0.05, 0.1) is 0 Å². The van der Waals surface area contributed by atoms with Crippen LogP contribution in [0, 0.1) is 17.3 Å². The summed E-state index contributed by atoms with van der Waals surface area (Å²) in [5, 5.41) is 0. The SMILES string of the molecule is CC1(C)[C@@H]2C[C@H]1C(C=Cc1cccnc1)=CC2=O. The Morgan fingerprint density at radius 2 is 2.17 bits per heavy atom. The molecule has 0 spiro atoms. The van der Waals surface area contributed by atoms with Crippen molar-refractivity contribution in [2.45, 2.75) is 20.3 Å². The highest BCUT2D eigenvalue weighted by molar-refractivity contribution is 5.96. The lowest BCUT2D eigenvalue weighted by molar-refractivity contribution is -0.133. The summed E-state index contributed by atoms with van der Waals surface area (Å²) >= 11 is 0. The van der Waals surface area contributed by atoms with Gasteiger partial charge in [-0.2, -0.15) is 0 Å². The summed E-state index contributed by atoms with van der Waals surface area (Å²) in [6.07, 6.45) is 10.6. The highest BCUT2D eigenvalue weighted by atomic mass is 16.1. The molecule has 2 nitrogen and oxygen atoms in total. The number of hydrogen-bond donors (Lipinski definition) is 0. The van der Waals surface area contributed by atoms with Gasteiger partial charge in [0.2, 0.25) is 0 Å². The van der Waals surface area contributed by atoms with Gasteiger partial charge in [-0.25, -0.2) is 0 Å². The molecule has 1 aromatic heterocycles. The largest absolute Gasteiger partial charge is 0.295 e. The maximum Gasteiger partial charge on any atom is 0.159 e. The quantitative estimate of drug-likeness (QED) is 0.792. The average molecular weight is 239 g/mol. The van der Waals surface area contributed by atoms with Gasteiger partial charge >= 0.3 is 0 Å². The van der Waals surface area contributed by atoms with E-state index in [1.807, 2.05) is 30.5 Å². The van der Waals surface area contributed by atoms with Crippen LogP contribution >= 0.6 is 0 Å². The molecule has 0 amide bonds. The van der Waals surface area contributed by atoms with Gasteiger partial charge in [0, 0.05) is 18.3 Å². The number of fused-ring (bicyclic) bond motifs is 1. The molecule has 3 aliphatic carbocycles. The predicted molar refractivity (Wildman–Crippen MR) is 71.7 cm³/mol. The minimum atomic E-state index is 0.139. The minimum Gasteiger partial charge on any atom is -0.295 e. The number of pyridine rings is 1. The average Bonchev–Trinajstić information content (AvgIpc) is 2.36. The molecule has 92 valence electrons. The number of ketones is 1. The van der Waals surface area contributed by atoms with Crippen LogP contribution in [0.4, 0.5) is 0 Å². The van der Waals surface area contributed by atoms with E-state index in [0.717, 1.165) is 12.0 Å². The minimum absolute atomic E-state index is 0.139. The number of carbonyl (C=O) groups excluding carboxylic acids is 1. The molecule has 1 saturated carbocycles. The Morgan fingerprint density at radius 1 is 1.33 bits per heavy atom. The van der Waals surface area contributed by atoms with Crippen molar-refractivity contribution >= 4 is 11.9 Å². The van der Waals surface area contributed by atoms with Crippen molar-refractivity contribution in [2.75, 3.05) is 0 Å². The summed E-state index contributed by atoms with van der Waals surface area (Å²) < 4.78 is 0. The zero-order valence-electron chi connectivity index (χ0n) is 10.8. The number of nitrogens with zero attached hydrogens (tertiary/aromatic N) is 1. The smallest absolute Gasteiger partial charge is 0.159 e. The highest BCUT2D eigenvalue weighted by Gasteiger charge is 2.54. The van der Waals surface area contributed by atoms with Gasteiger partial charge in [-0.3, -0.25) is 9.78 Å². The number of carbonyl (C=O) groups is 1. The molecule has 18 heavy (non-hydrogen) atoms. The first kappa shape index (κ1) is 11.4. The lowest BCUT2D eigenvalue weighted by Gasteiger charge is -2.54. The standard InChI is InChI=1S/C16H17NO/c1-16(2)13-9-14(16)15(18)8-12(13)6-5-11-4-3-7-17-10-11/h3-8,10,13-14H,9H2,1-2H3/t13-,14+/m0/s1. The van der Waals surface area contributed by atoms with E-state index in [1.165, 1.54) is 5.57 Å². The second-order valence-electron chi connectivity index (χ2n) is 5.83. The van der Waals surface area contributed by atoms with Crippen LogP contribution in [0.15, 0.2) is 42.3 Å². The van der Waals surface area contributed by atoms with E-state index in [1.54, 1.807) is 6.20 Å². The molecule has 2 atom stereocenters. The molecule has 1 heterocycles. The van der Waals surface area contributed by atoms with Crippen molar-refractivity contribution in [3.63, 3.8) is 0 Å². The second-order valence-corrected chi connectivity index (χ2v) is 5.83. The van der Waals surface area contributed by atoms with E-state index >= 15 is 0 Å². The van der Waals surface area contributed by atoms with Gasteiger partial charge in [-0.15, -0.1) is 0 Å². The van der Waals surface area contributed by atoms with Crippen LogP contribution in [-0.2, 0) is 4.79 Å². The molecular formula is C16H17NO. The Kier molecular flexibility index (Phi) is 2.47. The maximum atomic E-state index is 11.9. The number of hydrogen-bond acceptors (Lipinski definition) is 2. The first-order valence-corrected chi connectivity index (χ1v) is 6.42. The van der Waals surface area contributed by atoms with Crippen molar-refractivity contribution in [1.82, 2.24) is 4.98 Å². The van der Waals surface area contributed by atoms with Crippen LogP contribution in [0.25, 0.3) is 6.08 Å². The van der Waals surface area contributed by atoms with Crippen LogP contribution in [0.5, 0.6) is 0 Å². The summed E-state index contributed by atoms with van der Waals surface area (Å²) in [6.45, 7) is 4.41. The first-order chi connectivity index (χ1) is 8.59. The Bertz CT molecular complexity index is 539. The van der Waals surface area contributed by atoms with Gasteiger partial charge in [-0.1, -0.05) is 32.1 Å². The summed E-state index contributed by atoms with van der Waals surface area (Å²) in [5.41, 5.74) is 2.39. The lowest BCUT2D eigenvalue weighted by Crippen LogP contribution is -2.52. The van der Waals surface area contributed by atoms with E-state index in [4.69, 9.17) is 0 Å². The van der Waals surface area contributed by atoms with Crippen molar-refractivity contribution in [3.05, 3.63) is 47.8 Å². The van der Waals surface area contributed by atoms with E-state index < -0.39 is 0 Å². The number of allylic oxidation sites excluding steroid dienone is 3. The fourth-order valence-corrected chi connectivity index (χ4v) is 3.17. The third-order valence-electron chi connectivity index (χ3n) is 4.48. The third kappa shape index (κ3) is 1.64. The molecule has 0 aromatic carbocycles. The van der Waals surface area contributed by atoms with Crippen LogP contribution < -0.4 is 0 Å². The maximum absolute atomic E-state index is 11.9. The molecule has 0 radical (unpaired) electrons. The van der Waals surface area contributed by atoms with Crippen molar-refractivity contribution < 1.29 is 4.79 Å². The molecule has 2 bridgehead atoms. The zero-order chi connectivity index (χ0) is 12.8. The van der Waals surface area contributed by atoms with Crippen LogP contribution in [0.2, 0.25) is 0 Å². The number of aromatic nitrogens is 1. The number of rotatable bonds is 2. The Labute approximate surface area is 107 Å². The molecule has 4 rings (SSSR count). The molecule has 3 aliphatic rings. The van der Waals surface area contributed by atoms with Gasteiger partial charge in [0.25, 0.3) is 0 Å².